The molecule has 1 aromatic carbocycles. The largest absolute Gasteiger partial charge is 0.456 e. The monoisotopic (exact) mass is 340 g/mol. The molecule has 1 N–H and O–H groups in total. The van der Waals surface area contributed by atoms with Gasteiger partial charge in [0.15, 0.2) is 0 Å². The summed E-state index contributed by atoms with van der Waals surface area (Å²) in [6.07, 6.45) is 1.84. The van der Waals surface area contributed by atoms with Gasteiger partial charge in [-0.1, -0.05) is 36.4 Å². The van der Waals surface area contributed by atoms with Crippen molar-refractivity contribution in [3.8, 4) is 0 Å². The molecule has 0 fully saturated rings. The van der Waals surface area contributed by atoms with E-state index in [4.69, 9.17) is 9.47 Å². The zero-order chi connectivity index (χ0) is 17.6. The summed E-state index contributed by atoms with van der Waals surface area (Å²) in [4.78, 5) is 27.7. The molecule has 25 heavy (non-hydrogen) atoms. The van der Waals surface area contributed by atoms with Crippen molar-refractivity contribution in [1.29, 1.82) is 0 Å². The summed E-state index contributed by atoms with van der Waals surface area (Å²) >= 11 is 0. The SMILES string of the molecule is CC(=O)OC1CC(NC(=O)OCc2ccccc2)Cc2cccnc21. The van der Waals surface area contributed by atoms with Crippen LogP contribution in [0, 0.1) is 0 Å². The molecule has 0 aliphatic heterocycles. The van der Waals surface area contributed by atoms with E-state index in [9.17, 15) is 9.59 Å². The number of carbonyl (C=O) groups excluding carboxylic acids is 2. The van der Waals surface area contributed by atoms with Crippen LogP contribution in [0.15, 0.2) is 48.7 Å². The van der Waals surface area contributed by atoms with E-state index in [0.29, 0.717) is 12.8 Å². The van der Waals surface area contributed by atoms with Gasteiger partial charge in [-0.25, -0.2) is 4.79 Å². The van der Waals surface area contributed by atoms with Gasteiger partial charge in [-0.2, -0.15) is 0 Å². The molecule has 130 valence electrons. The van der Waals surface area contributed by atoms with Crippen molar-refractivity contribution in [3.05, 3.63) is 65.5 Å². The van der Waals surface area contributed by atoms with Crippen LogP contribution in [0.1, 0.15) is 36.3 Å². The molecule has 3 rings (SSSR count). The number of nitrogens with zero attached hydrogens (tertiary/aromatic N) is 1. The van der Waals surface area contributed by atoms with Crippen LogP contribution in [0.3, 0.4) is 0 Å². The molecule has 1 amide bonds. The second-order valence-corrected chi connectivity index (χ2v) is 5.99. The Bertz CT molecular complexity index is 748. The van der Waals surface area contributed by atoms with E-state index in [1.165, 1.54) is 6.92 Å². The van der Waals surface area contributed by atoms with Crippen molar-refractivity contribution in [1.82, 2.24) is 10.3 Å². The summed E-state index contributed by atoms with van der Waals surface area (Å²) < 4.78 is 10.6. The van der Waals surface area contributed by atoms with Gasteiger partial charge < -0.3 is 14.8 Å². The highest BCUT2D eigenvalue weighted by molar-refractivity contribution is 5.68. The maximum atomic E-state index is 12.1. The number of nitrogens with one attached hydrogen (secondary N) is 1. The van der Waals surface area contributed by atoms with Gasteiger partial charge in [0.1, 0.15) is 12.7 Å². The molecule has 1 aliphatic rings. The summed E-state index contributed by atoms with van der Waals surface area (Å²) in [6, 6.07) is 13.1. The summed E-state index contributed by atoms with van der Waals surface area (Å²) in [5.41, 5.74) is 2.65. The van der Waals surface area contributed by atoms with Gasteiger partial charge in [0.05, 0.1) is 5.69 Å². The number of aromatic nitrogens is 1. The molecule has 1 aliphatic carbocycles. The lowest BCUT2D eigenvalue weighted by molar-refractivity contribution is -0.147. The minimum atomic E-state index is -0.484. The first-order chi connectivity index (χ1) is 12.1. The molecule has 6 heteroatoms. The topological polar surface area (TPSA) is 77.5 Å². The first-order valence-electron chi connectivity index (χ1n) is 8.20. The Balaban J connectivity index is 1.61. The highest BCUT2D eigenvalue weighted by Crippen LogP contribution is 2.31. The van der Waals surface area contributed by atoms with Crippen LogP contribution in [0.5, 0.6) is 0 Å². The standard InChI is InChI=1S/C19H20N2O4/c1-13(22)25-17-11-16(10-15-8-5-9-20-18(15)17)21-19(23)24-12-14-6-3-2-4-7-14/h2-9,16-17H,10-12H2,1H3,(H,21,23). The zero-order valence-corrected chi connectivity index (χ0v) is 14.0. The van der Waals surface area contributed by atoms with E-state index in [2.05, 4.69) is 10.3 Å². The number of rotatable bonds is 4. The van der Waals surface area contributed by atoms with E-state index in [0.717, 1.165) is 16.8 Å². The predicted octanol–water partition coefficient (Wildman–Crippen LogP) is 2.93. The summed E-state index contributed by atoms with van der Waals surface area (Å²) in [6.45, 7) is 1.58. The smallest absolute Gasteiger partial charge is 0.407 e. The van der Waals surface area contributed by atoms with Crippen LogP contribution < -0.4 is 5.32 Å². The lowest BCUT2D eigenvalue weighted by Gasteiger charge is -2.30. The molecule has 0 bridgehead atoms. The van der Waals surface area contributed by atoms with Crippen molar-refractivity contribution in [2.24, 2.45) is 0 Å². The van der Waals surface area contributed by atoms with Crippen molar-refractivity contribution in [2.75, 3.05) is 0 Å². The van der Waals surface area contributed by atoms with E-state index >= 15 is 0 Å². The Morgan fingerprint density at radius 3 is 2.76 bits per heavy atom. The first-order valence-corrected chi connectivity index (χ1v) is 8.20. The van der Waals surface area contributed by atoms with Crippen molar-refractivity contribution >= 4 is 12.1 Å². The first kappa shape index (κ1) is 17.0. The molecule has 0 radical (unpaired) electrons. The number of fused-ring (bicyclic) bond motifs is 1. The van der Waals surface area contributed by atoms with E-state index in [1.807, 2.05) is 42.5 Å². The molecule has 1 aromatic heterocycles. The van der Waals surface area contributed by atoms with Gasteiger partial charge in [0, 0.05) is 25.6 Å². The fraction of sp³-hybridized carbons (Fsp3) is 0.316. The Morgan fingerprint density at radius 1 is 1.20 bits per heavy atom. The highest BCUT2D eigenvalue weighted by Gasteiger charge is 2.31. The number of hydrogen-bond donors (Lipinski definition) is 1. The second kappa shape index (κ2) is 7.79. The number of hydrogen-bond acceptors (Lipinski definition) is 5. The van der Waals surface area contributed by atoms with Crippen molar-refractivity contribution in [3.63, 3.8) is 0 Å². The van der Waals surface area contributed by atoms with Gasteiger partial charge in [-0.3, -0.25) is 9.78 Å². The number of carbonyl (C=O) groups is 2. The van der Waals surface area contributed by atoms with Crippen LogP contribution in [-0.4, -0.2) is 23.1 Å². The number of alkyl carbamates (subject to hydrolysis) is 1. The number of pyridine rings is 1. The minimum absolute atomic E-state index is 0.177. The molecule has 2 atom stereocenters. The van der Waals surface area contributed by atoms with Crippen LogP contribution in [-0.2, 0) is 27.3 Å². The molecular formula is C19H20N2O4. The van der Waals surface area contributed by atoms with Gasteiger partial charge in [0.2, 0.25) is 0 Å². The molecule has 1 heterocycles. The number of benzene rings is 1. The van der Waals surface area contributed by atoms with Crippen molar-refractivity contribution in [2.45, 2.75) is 38.5 Å². The maximum absolute atomic E-state index is 12.1. The maximum Gasteiger partial charge on any atom is 0.407 e. The van der Waals surface area contributed by atoms with Gasteiger partial charge >= 0.3 is 12.1 Å². The summed E-state index contributed by atoms with van der Waals surface area (Å²) in [5, 5.41) is 2.85. The molecule has 0 saturated heterocycles. The van der Waals surface area contributed by atoms with Gasteiger partial charge in [-0.15, -0.1) is 0 Å². The lowest BCUT2D eigenvalue weighted by atomic mass is 9.89. The zero-order valence-electron chi connectivity index (χ0n) is 14.0. The molecule has 2 unspecified atom stereocenters. The molecule has 0 saturated carbocycles. The highest BCUT2D eigenvalue weighted by atomic mass is 16.6. The average Bonchev–Trinajstić information content (AvgIpc) is 2.60. The van der Waals surface area contributed by atoms with Crippen LogP contribution >= 0.6 is 0 Å². The molecule has 0 spiro atoms. The van der Waals surface area contributed by atoms with Crippen LogP contribution in [0.25, 0.3) is 0 Å². The predicted molar refractivity (Wildman–Crippen MR) is 90.6 cm³/mol. The average molecular weight is 340 g/mol. The molecular weight excluding hydrogens is 320 g/mol. The van der Waals surface area contributed by atoms with Crippen molar-refractivity contribution < 1.29 is 19.1 Å². The molecule has 6 nitrogen and oxygen atoms in total. The Kier molecular flexibility index (Phi) is 5.28. The van der Waals surface area contributed by atoms with E-state index in [1.54, 1.807) is 6.20 Å². The van der Waals surface area contributed by atoms with Gasteiger partial charge in [0.25, 0.3) is 0 Å². The third kappa shape index (κ3) is 4.56. The third-order valence-electron chi connectivity index (χ3n) is 4.04. The van der Waals surface area contributed by atoms with Gasteiger partial charge in [-0.05, 0) is 23.6 Å². The van der Waals surface area contributed by atoms with Crippen LogP contribution in [0.4, 0.5) is 4.79 Å². The number of esters is 1. The quantitative estimate of drug-likeness (QED) is 0.866. The fourth-order valence-corrected chi connectivity index (χ4v) is 2.98. The summed E-state index contributed by atoms with van der Waals surface area (Å²) in [7, 11) is 0. The minimum Gasteiger partial charge on any atom is -0.456 e. The van der Waals surface area contributed by atoms with E-state index < -0.39 is 12.2 Å². The third-order valence-corrected chi connectivity index (χ3v) is 4.04. The van der Waals surface area contributed by atoms with E-state index in [-0.39, 0.29) is 18.6 Å². The Hall–Kier alpha value is -2.89. The molecule has 2 aromatic rings. The normalized spacial score (nSPS) is 18.8. The fourth-order valence-electron chi connectivity index (χ4n) is 2.98. The summed E-state index contributed by atoms with van der Waals surface area (Å²) in [5.74, 6) is -0.367. The number of amides is 1. The Labute approximate surface area is 146 Å². The lowest BCUT2D eigenvalue weighted by Crippen LogP contribution is -2.41. The number of ether oxygens (including phenoxy) is 2. The Morgan fingerprint density at radius 2 is 2.00 bits per heavy atom. The van der Waals surface area contributed by atoms with Crippen LogP contribution in [0.2, 0.25) is 0 Å². The second-order valence-electron chi connectivity index (χ2n) is 5.99.